The smallest absolute Gasteiger partial charge is 0.258 e. The largest absolute Gasteiger partial charge is 0.497 e. The molecule has 2 aromatic carbocycles. The fourth-order valence-electron chi connectivity index (χ4n) is 3.40. The molecule has 27 heavy (non-hydrogen) atoms. The topological polar surface area (TPSA) is 55.7 Å². The quantitative estimate of drug-likeness (QED) is 0.823. The van der Waals surface area contributed by atoms with Crippen molar-refractivity contribution in [1.82, 2.24) is 4.90 Å². The van der Waals surface area contributed by atoms with Crippen molar-refractivity contribution in [3.05, 3.63) is 48.5 Å². The zero-order valence-electron chi connectivity index (χ0n) is 15.6. The lowest BCUT2D eigenvalue weighted by molar-refractivity contribution is 0.196. The molecule has 6 heteroatoms. The predicted octanol–water partition coefficient (Wildman–Crippen LogP) is 3.96. The zero-order valence-corrected chi connectivity index (χ0v) is 15.6. The summed E-state index contributed by atoms with van der Waals surface area (Å²) in [7, 11) is 3.31. The molecule has 2 aliphatic rings. The van der Waals surface area contributed by atoms with Crippen LogP contribution in [0.5, 0.6) is 11.5 Å². The molecule has 2 saturated heterocycles. The molecular formula is C21H23N3O3. The van der Waals surface area contributed by atoms with Crippen molar-refractivity contribution in [3.63, 3.8) is 0 Å². The molecule has 1 unspecified atom stereocenters. The molecule has 0 saturated carbocycles. The summed E-state index contributed by atoms with van der Waals surface area (Å²) in [6.45, 7) is 1.63. The van der Waals surface area contributed by atoms with Gasteiger partial charge in [-0.15, -0.1) is 0 Å². The average Bonchev–Trinajstić information content (AvgIpc) is 3.20. The summed E-state index contributed by atoms with van der Waals surface area (Å²) in [6.07, 6.45) is 2.27. The number of fused-ring (bicyclic) bond motifs is 1. The predicted molar refractivity (Wildman–Crippen MR) is 106 cm³/mol. The number of morpholine rings is 1. The van der Waals surface area contributed by atoms with Crippen LogP contribution in [0, 0.1) is 0 Å². The van der Waals surface area contributed by atoms with Crippen molar-refractivity contribution in [1.29, 1.82) is 0 Å². The van der Waals surface area contributed by atoms with Crippen molar-refractivity contribution in [2.45, 2.75) is 18.9 Å². The van der Waals surface area contributed by atoms with Crippen molar-refractivity contribution in [2.24, 2.45) is 9.98 Å². The van der Waals surface area contributed by atoms with E-state index in [9.17, 15) is 0 Å². The first-order valence-electron chi connectivity index (χ1n) is 9.12. The normalized spacial score (nSPS) is 21.9. The van der Waals surface area contributed by atoms with E-state index in [4.69, 9.17) is 24.2 Å². The number of nitrogens with zero attached hydrogens (tertiary/aromatic N) is 3. The van der Waals surface area contributed by atoms with Crippen LogP contribution in [-0.4, -0.2) is 50.0 Å². The van der Waals surface area contributed by atoms with Gasteiger partial charge in [-0.2, -0.15) is 0 Å². The minimum absolute atomic E-state index is 0.372. The molecule has 2 aliphatic heterocycles. The number of hydrogen-bond donors (Lipinski definition) is 0. The molecule has 0 N–H and O–H groups in total. The number of methoxy groups -OCH3 is 2. The molecule has 140 valence electrons. The first kappa shape index (κ1) is 17.4. The first-order chi connectivity index (χ1) is 13.3. The van der Waals surface area contributed by atoms with Crippen LogP contribution < -0.4 is 9.47 Å². The van der Waals surface area contributed by atoms with Crippen molar-refractivity contribution in [3.8, 4) is 11.5 Å². The number of rotatable bonds is 4. The monoisotopic (exact) mass is 365 g/mol. The van der Waals surface area contributed by atoms with Gasteiger partial charge in [0.15, 0.2) is 5.84 Å². The minimum Gasteiger partial charge on any atom is -0.497 e. The van der Waals surface area contributed by atoms with E-state index in [1.165, 1.54) is 0 Å². The highest BCUT2D eigenvalue weighted by Crippen LogP contribution is 2.27. The second-order valence-electron chi connectivity index (χ2n) is 6.55. The van der Waals surface area contributed by atoms with E-state index in [2.05, 4.69) is 4.90 Å². The van der Waals surface area contributed by atoms with Crippen LogP contribution in [0.4, 0.5) is 11.4 Å². The van der Waals surface area contributed by atoms with Gasteiger partial charge < -0.3 is 19.1 Å². The lowest BCUT2D eigenvalue weighted by Gasteiger charge is -2.33. The molecule has 2 fully saturated rings. The summed E-state index contributed by atoms with van der Waals surface area (Å²) in [4.78, 5) is 11.9. The van der Waals surface area contributed by atoms with Gasteiger partial charge in [-0.1, -0.05) is 0 Å². The van der Waals surface area contributed by atoms with E-state index in [1.807, 2.05) is 48.5 Å². The number of benzene rings is 2. The van der Waals surface area contributed by atoms with Gasteiger partial charge in [-0.3, -0.25) is 0 Å². The third-order valence-electron chi connectivity index (χ3n) is 4.86. The molecule has 0 amide bonds. The molecule has 0 bridgehead atoms. The van der Waals surface area contributed by atoms with Crippen LogP contribution in [0.3, 0.4) is 0 Å². The fourth-order valence-corrected chi connectivity index (χ4v) is 3.40. The second-order valence-corrected chi connectivity index (χ2v) is 6.55. The lowest BCUT2D eigenvalue weighted by atomic mass is 10.2. The van der Waals surface area contributed by atoms with Gasteiger partial charge in [0.25, 0.3) is 5.90 Å². The zero-order chi connectivity index (χ0) is 18.6. The van der Waals surface area contributed by atoms with Crippen LogP contribution >= 0.6 is 0 Å². The number of ether oxygens (including phenoxy) is 3. The highest BCUT2D eigenvalue weighted by Gasteiger charge is 2.35. The Morgan fingerprint density at radius 1 is 0.889 bits per heavy atom. The Kier molecular flexibility index (Phi) is 4.96. The number of hydrogen-bond acceptors (Lipinski definition) is 5. The lowest BCUT2D eigenvalue weighted by Crippen LogP contribution is -2.48. The van der Waals surface area contributed by atoms with Gasteiger partial charge >= 0.3 is 0 Å². The van der Waals surface area contributed by atoms with Gasteiger partial charge in [0, 0.05) is 6.54 Å². The fraction of sp³-hybridized carbons (Fsp3) is 0.333. The molecule has 0 aliphatic carbocycles. The molecule has 0 radical (unpaired) electrons. The third-order valence-corrected chi connectivity index (χ3v) is 4.86. The maximum Gasteiger partial charge on any atom is 0.258 e. The van der Waals surface area contributed by atoms with Gasteiger partial charge in [-0.05, 0) is 61.4 Å². The second kappa shape index (κ2) is 7.70. The van der Waals surface area contributed by atoms with Crippen molar-refractivity contribution >= 4 is 23.1 Å². The van der Waals surface area contributed by atoms with E-state index in [0.717, 1.165) is 48.1 Å². The molecule has 0 spiro atoms. The SMILES string of the molecule is COc1ccc(N=C2OCC3CCCN3C2=Nc2ccc(OC)cc2)cc1. The molecule has 6 nitrogen and oxygen atoms in total. The van der Waals surface area contributed by atoms with Crippen LogP contribution in [0.1, 0.15) is 12.8 Å². The van der Waals surface area contributed by atoms with Gasteiger partial charge in [-0.25, -0.2) is 9.98 Å². The summed E-state index contributed by atoms with van der Waals surface area (Å²) in [6, 6.07) is 15.7. The van der Waals surface area contributed by atoms with E-state index in [1.54, 1.807) is 14.2 Å². The Morgan fingerprint density at radius 2 is 1.48 bits per heavy atom. The Labute approximate surface area is 159 Å². The van der Waals surface area contributed by atoms with E-state index in [-0.39, 0.29) is 0 Å². The molecule has 0 aromatic heterocycles. The van der Waals surface area contributed by atoms with Crippen molar-refractivity contribution in [2.75, 3.05) is 27.4 Å². The van der Waals surface area contributed by atoms with Crippen LogP contribution in [0.25, 0.3) is 0 Å². The average molecular weight is 365 g/mol. The van der Waals surface area contributed by atoms with E-state index in [0.29, 0.717) is 18.5 Å². The number of amidine groups is 1. The van der Waals surface area contributed by atoms with Crippen LogP contribution in [0.2, 0.25) is 0 Å². The summed E-state index contributed by atoms with van der Waals surface area (Å²) in [5.41, 5.74) is 1.66. The maximum absolute atomic E-state index is 6.00. The summed E-state index contributed by atoms with van der Waals surface area (Å²) < 4.78 is 16.4. The molecular weight excluding hydrogens is 342 g/mol. The highest BCUT2D eigenvalue weighted by molar-refractivity contribution is 6.39. The highest BCUT2D eigenvalue weighted by atomic mass is 16.5. The Bertz CT molecular complexity index is 844. The molecule has 2 aromatic rings. The molecule has 1 atom stereocenters. The van der Waals surface area contributed by atoms with E-state index >= 15 is 0 Å². The maximum atomic E-state index is 6.00. The Hall–Kier alpha value is -3.02. The minimum atomic E-state index is 0.372. The van der Waals surface area contributed by atoms with Crippen molar-refractivity contribution < 1.29 is 14.2 Å². The van der Waals surface area contributed by atoms with Gasteiger partial charge in [0.2, 0.25) is 0 Å². The van der Waals surface area contributed by atoms with Crippen LogP contribution in [0.15, 0.2) is 58.5 Å². The first-order valence-corrected chi connectivity index (χ1v) is 9.12. The van der Waals surface area contributed by atoms with Crippen LogP contribution in [-0.2, 0) is 4.74 Å². The summed E-state index contributed by atoms with van der Waals surface area (Å²) >= 11 is 0. The summed E-state index contributed by atoms with van der Waals surface area (Å²) in [5.74, 6) is 2.97. The molecule has 2 heterocycles. The summed E-state index contributed by atoms with van der Waals surface area (Å²) in [5, 5.41) is 0. The third kappa shape index (κ3) is 3.74. The molecule has 4 rings (SSSR count). The van der Waals surface area contributed by atoms with Gasteiger partial charge in [0.1, 0.15) is 18.1 Å². The number of aliphatic imine (C=N–C) groups is 2. The Morgan fingerprint density at radius 3 is 2.07 bits per heavy atom. The van der Waals surface area contributed by atoms with Gasteiger partial charge in [0.05, 0.1) is 31.6 Å². The van der Waals surface area contributed by atoms with E-state index < -0.39 is 0 Å². The standard InChI is InChI=1S/C21H23N3O3/c1-25-18-9-5-15(6-10-18)22-20-21(27-14-17-4-3-13-24(17)20)23-16-7-11-19(26-2)12-8-16/h5-12,17H,3-4,13-14H2,1-2H3. The Balaban J connectivity index is 1.69.